The van der Waals surface area contributed by atoms with Crippen LogP contribution in [-0.2, 0) is 11.3 Å². The molecule has 6 nitrogen and oxygen atoms in total. The molecule has 1 saturated carbocycles. The van der Waals surface area contributed by atoms with Gasteiger partial charge >= 0.3 is 0 Å². The topological polar surface area (TPSA) is 64.3 Å². The molecular weight excluding hydrogens is 326 g/mol. The number of piperidine rings is 2. The lowest BCUT2D eigenvalue weighted by atomic mass is 9.93. The molecule has 3 fully saturated rings. The summed E-state index contributed by atoms with van der Waals surface area (Å²) in [4.78, 5) is 17.6. The summed E-state index contributed by atoms with van der Waals surface area (Å²) in [6, 6.07) is 1.13. The van der Waals surface area contributed by atoms with Crippen LogP contribution in [0, 0.1) is 19.8 Å². The number of nitrogens with one attached hydrogen (secondary N) is 2. The van der Waals surface area contributed by atoms with E-state index >= 15 is 0 Å². The molecule has 0 aromatic carbocycles. The molecule has 1 unspecified atom stereocenters. The molecule has 0 spiro atoms. The first-order valence-electron chi connectivity index (χ1n) is 10.4. The predicted octanol–water partition coefficient (Wildman–Crippen LogP) is 1.98. The van der Waals surface area contributed by atoms with Gasteiger partial charge in [0.15, 0.2) is 0 Å². The van der Waals surface area contributed by atoms with Gasteiger partial charge in [0.1, 0.15) is 0 Å². The zero-order chi connectivity index (χ0) is 18.1. The van der Waals surface area contributed by atoms with E-state index in [2.05, 4.69) is 39.2 Å². The molecule has 2 saturated heterocycles. The molecule has 2 aliphatic heterocycles. The zero-order valence-electron chi connectivity index (χ0n) is 16.3. The summed E-state index contributed by atoms with van der Waals surface area (Å²) in [5.41, 5.74) is 3.69. The largest absolute Gasteiger partial charge is 0.353 e. The average molecular weight is 360 g/mol. The lowest BCUT2D eigenvalue weighted by Crippen LogP contribution is -2.50. The molecule has 0 radical (unpaired) electrons. The number of aromatic nitrogens is 2. The van der Waals surface area contributed by atoms with Crippen molar-refractivity contribution in [2.45, 2.75) is 71.0 Å². The first-order valence-corrected chi connectivity index (χ1v) is 10.4. The van der Waals surface area contributed by atoms with E-state index in [1.165, 1.54) is 36.9 Å². The van der Waals surface area contributed by atoms with E-state index in [1.807, 2.05) is 0 Å². The molecule has 1 aromatic heterocycles. The van der Waals surface area contributed by atoms with Crippen LogP contribution in [0.5, 0.6) is 0 Å². The minimum absolute atomic E-state index is 0.207. The molecule has 1 aromatic rings. The van der Waals surface area contributed by atoms with Gasteiger partial charge in [-0.2, -0.15) is 5.10 Å². The second-order valence-electron chi connectivity index (χ2n) is 8.54. The second-order valence-corrected chi connectivity index (χ2v) is 8.54. The fourth-order valence-corrected chi connectivity index (χ4v) is 4.57. The summed E-state index contributed by atoms with van der Waals surface area (Å²) in [6.07, 6.45) is 7.01. The van der Waals surface area contributed by atoms with Gasteiger partial charge in [0.05, 0.1) is 11.6 Å². The number of amides is 1. The van der Waals surface area contributed by atoms with Crippen LogP contribution in [0.3, 0.4) is 0 Å². The Labute approximate surface area is 156 Å². The van der Waals surface area contributed by atoms with Crippen molar-refractivity contribution in [2.75, 3.05) is 26.2 Å². The van der Waals surface area contributed by atoms with E-state index in [-0.39, 0.29) is 5.92 Å². The predicted molar refractivity (Wildman–Crippen MR) is 102 cm³/mol. The Bertz CT molecular complexity index is 611. The van der Waals surface area contributed by atoms with Crippen LogP contribution in [0.25, 0.3) is 0 Å². The number of rotatable bonds is 5. The molecule has 144 valence electrons. The highest BCUT2D eigenvalue weighted by Gasteiger charge is 2.33. The van der Waals surface area contributed by atoms with Gasteiger partial charge in [-0.1, -0.05) is 0 Å². The summed E-state index contributed by atoms with van der Waals surface area (Å²) < 4.78 is 0. The number of aryl methyl sites for hydroxylation is 2. The van der Waals surface area contributed by atoms with Crippen molar-refractivity contribution < 1.29 is 4.79 Å². The fourth-order valence-electron chi connectivity index (χ4n) is 4.57. The monoisotopic (exact) mass is 359 g/mol. The standard InChI is InChI=1S/C20H33N5O/c1-14-19(15(2)23-22-14)13-24-10-7-18(8-11-24)25-9-3-4-16(12-25)20(26)21-17-5-6-17/h16-18H,3-13H2,1-2H3,(H,21,26)(H,22,23). The normalized spacial score (nSPS) is 26.2. The molecule has 1 atom stereocenters. The maximum atomic E-state index is 12.4. The highest BCUT2D eigenvalue weighted by molar-refractivity contribution is 5.79. The van der Waals surface area contributed by atoms with Crippen molar-refractivity contribution in [1.82, 2.24) is 25.3 Å². The van der Waals surface area contributed by atoms with Crippen molar-refractivity contribution in [1.29, 1.82) is 0 Å². The number of hydrogen-bond acceptors (Lipinski definition) is 4. The van der Waals surface area contributed by atoms with Crippen LogP contribution in [0.4, 0.5) is 0 Å². The van der Waals surface area contributed by atoms with Gasteiger partial charge in [0, 0.05) is 36.4 Å². The number of aromatic amines is 1. The highest BCUT2D eigenvalue weighted by atomic mass is 16.2. The van der Waals surface area contributed by atoms with Crippen molar-refractivity contribution in [3.63, 3.8) is 0 Å². The van der Waals surface area contributed by atoms with Gasteiger partial charge < -0.3 is 5.32 Å². The van der Waals surface area contributed by atoms with Crippen molar-refractivity contribution >= 4 is 5.91 Å². The quantitative estimate of drug-likeness (QED) is 0.844. The summed E-state index contributed by atoms with van der Waals surface area (Å²) in [6.45, 7) is 9.62. The molecule has 4 rings (SSSR count). The summed E-state index contributed by atoms with van der Waals surface area (Å²) in [7, 11) is 0. The minimum Gasteiger partial charge on any atom is -0.353 e. The van der Waals surface area contributed by atoms with Gasteiger partial charge in [-0.05, 0) is 72.0 Å². The summed E-state index contributed by atoms with van der Waals surface area (Å²) >= 11 is 0. The van der Waals surface area contributed by atoms with Crippen molar-refractivity contribution in [2.24, 2.45) is 5.92 Å². The first kappa shape index (κ1) is 18.0. The Kier molecular flexibility index (Phi) is 5.32. The van der Waals surface area contributed by atoms with Gasteiger partial charge in [0.25, 0.3) is 0 Å². The van der Waals surface area contributed by atoms with E-state index in [9.17, 15) is 4.79 Å². The molecular formula is C20H33N5O. The third-order valence-corrected chi connectivity index (χ3v) is 6.48. The Morgan fingerprint density at radius 3 is 2.58 bits per heavy atom. The smallest absolute Gasteiger partial charge is 0.224 e. The van der Waals surface area contributed by atoms with Crippen LogP contribution >= 0.6 is 0 Å². The highest BCUT2D eigenvalue weighted by Crippen LogP contribution is 2.26. The van der Waals surface area contributed by atoms with E-state index in [0.29, 0.717) is 18.0 Å². The molecule has 6 heteroatoms. The van der Waals surface area contributed by atoms with Crippen molar-refractivity contribution in [3.05, 3.63) is 17.0 Å². The number of carbonyl (C=O) groups excluding carboxylic acids is 1. The number of likely N-dealkylation sites (tertiary alicyclic amines) is 2. The van der Waals surface area contributed by atoms with E-state index < -0.39 is 0 Å². The van der Waals surface area contributed by atoms with Crippen LogP contribution in [0.2, 0.25) is 0 Å². The number of nitrogens with zero attached hydrogens (tertiary/aromatic N) is 3. The van der Waals surface area contributed by atoms with E-state index in [4.69, 9.17) is 0 Å². The Balaban J connectivity index is 1.26. The van der Waals surface area contributed by atoms with Crippen LogP contribution < -0.4 is 5.32 Å². The first-order chi connectivity index (χ1) is 12.6. The van der Waals surface area contributed by atoms with Crippen molar-refractivity contribution in [3.8, 4) is 0 Å². The van der Waals surface area contributed by atoms with Crippen LogP contribution in [0.15, 0.2) is 0 Å². The maximum absolute atomic E-state index is 12.4. The van der Waals surface area contributed by atoms with Gasteiger partial charge in [-0.15, -0.1) is 0 Å². The molecule has 2 N–H and O–H groups in total. The summed E-state index contributed by atoms with van der Waals surface area (Å²) in [5.74, 6) is 0.513. The molecule has 26 heavy (non-hydrogen) atoms. The Morgan fingerprint density at radius 1 is 1.15 bits per heavy atom. The second kappa shape index (κ2) is 7.69. The third-order valence-electron chi connectivity index (χ3n) is 6.48. The van der Waals surface area contributed by atoms with Gasteiger partial charge in [-0.3, -0.25) is 19.7 Å². The zero-order valence-corrected chi connectivity index (χ0v) is 16.3. The van der Waals surface area contributed by atoms with E-state index in [1.54, 1.807) is 0 Å². The molecule has 3 aliphatic rings. The molecule has 1 aliphatic carbocycles. The fraction of sp³-hybridized carbons (Fsp3) is 0.800. The SMILES string of the molecule is Cc1n[nH]c(C)c1CN1CCC(N2CCCC(C(=O)NC3CC3)C2)CC1. The Hall–Kier alpha value is -1.40. The summed E-state index contributed by atoms with van der Waals surface area (Å²) in [5, 5.41) is 10.6. The number of hydrogen-bond donors (Lipinski definition) is 2. The Morgan fingerprint density at radius 2 is 1.92 bits per heavy atom. The van der Waals surface area contributed by atoms with Gasteiger partial charge in [0.2, 0.25) is 5.91 Å². The third kappa shape index (κ3) is 4.12. The van der Waals surface area contributed by atoms with Gasteiger partial charge in [-0.25, -0.2) is 0 Å². The lowest BCUT2D eigenvalue weighted by molar-refractivity contribution is -0.127. The maximum Gasteiger partial charge on any atom is 0.224 e. The molecule has 0 bridgehead atoms. The number of carbonyl (C=O) groups is 1. The number of H-pyrrole nitrogens is 1. The minimum atomic E-state index is 0.207. The van der Waals surface area contributed by atoms with E-state index in [0.717, 1.165) is 51.3 Å². The lowest BCUT2D eigenvalue weighted by Gasteiger charge is -2.42. The average Bonchev–Trinajstić information content (AvgIpc) is 3.43. The van der Waals surface area contributed by atoms with Crippen LogP contribution in [0.1, 0.15) is 55.5 Å². The molecule has 1 amide bonds. The van der Waals surface area contributed by atoms with Crippen LogP contribution in [-0.4, -0.2) is 64.2 Å². The molecule has 3 heterocycles.